The summed E-state index contributed by atoms with van der Waals surface area (Å²) in [6, 6.07) is 10.9. The number of hydrogen-bond acceptors (Lipinski definition) is 7. The Morgan fingerprint density at radius 2 is 1.87 bits per heavy atom. The van der Waals surface area contributed by atoms with Crippen LogP contribution >= 0.6 is 11.8 Å². The second-order valence-electron chi connectivity index (χ2n) is 6.43. The van der Waals surface area contributed by atoms with Crippen molar-refractivity contribution in [2.45, 2.75) is 25.0 Å². The van der Waals surface area contributed by atoms with Crippen molar-refractivity contribution in [2.24, 2.45) is 0 Å². The summed E-state index contributed by atoms with van der Waals surface area (Å²) >= 11 is 1.16. The smallest absolute Gasteiger partial charge is 0.330 e. The van der Waals surface area contributed by atoms with Crippen LogP contribution in [0.2, 0.25) is 0 Å². The van der Waals surface area contributed by atoms with Crippen LogP contribution in [0.4, 0.5) is 11.5 Å². The van der Waals surface area contributed by atoms with E-state index < -0.39 is 11.2 Å². The summed E-state index contributed by atoms with van der Waals surface area (Å²) in [4.78, 5) is 49.7. The Kier molecular flexibility index (Phi) is 7.02. The first-order valence-corrected chi connectivity index (χ1v) is 10.4. The van der Waals surface area contributed by atoms with E-state index in [0.717, 1.165) is 17.3 Å². The summed E-state index contributed by atoms with van der Waals surface area (Å²) in [5.74, 6) is -0.340. The lowest BCUT2D eigenvalue weighted by molar-refractivity contribution is -0.116. The molecule has 156 valence electrons. The van der Waals surface area contributed by atoms with Gasteiger partial charge < -0.3 is 10.6 Å². The van der Waals surface area contributed by atoms with E-state index in [4.69, 9.17) is 5.73 Å². The quantitative estimate of drug-likeness (QED) is 0.413. The SMILES string of the molecule is CCCN(C(=O)CSc1ncccn1)c1c(N)n(Cc2ccccc2)c(=O)[nH]c1=O. The number of anilines is 2. The van der Waals surface area contributed by atoms with Gasteiger partial charge in [-0.15, -0.1) is 0 Å². The van der Waals surface area contributed by atoms with E-state index in [0.29, 0.717) is 11.6 Å². The predicted octanol–water partition coefficient (Wildman–Crippen LogP) is 1.49. The van der Waals surface area contributed by atoms with E-state index in [-0.39, 0.29) is 36.3 Å². The Morgan fingerprint density at radius 1 is 1.17 bits per heavy atom. The number of H-pyrrole nitrogens is 1. The molecule has 0 radical (unpaired) electrons. The first-order chi connectivity index (χ1) is 14.5. The van der Waals surface area contributed by atoms with Gasteiger partial charge in [-0.2, -0.15) is 0 Å². The van der Waals surface area contributed by atoms with Crippen molar-refractivity contribution < 1.29 is 4.79 Å². The minimum atomic E-state index is -0.690. The van der Waals surface area contributed by atoms with Crippen molar-refractivity contribution in [1.29, 1.82) is 0 Å². The number of thioether (sulfide) groups is 1. The zero-order chi connectivity index (χ0) is 21.5. The molecule has 1 amide bonds. The van der Waals surface area contributed by atoms with E-state index in [1.54, 1.807) is 18.5 Å². The third-order valence-corrected chi connectivity index (χ3v) is 5.14. The Bertz CT molecular complexity index is 1110. The molecule has 0 spiro atoms. The number of rotatable bonds is 8. The van der Waals surface area contributed by atoms with Crippen LogP contribution in [0.25, 0.3) is 0 Å². The molecule has 9 nitrogen and oxygen atoms in total. The van der Waals surface area contributed by atoms with Crippen LogP contribution in [-0.4, -0.2) is 37.7 Å². The highest BCUT2D eigenvalue weighted by Crippen LogP contribution is 2.20. The normalized spacial score (nSPS) is 10.7. The third-order valence-electron chi connectivity index (χ3n) is 4.28. The number of amides is 1. The summed E-state index contributed by atoms with van der Waals surface area (Å²) in [5, 5.41) is 0.457. The molecule has 30 heavy (non-hydrogen) atoms. The number of nitrogens with one attached hydrogen (secondary N) is 1. The molecule has 3 aromatic rings. The molecule has 1 aromatic carbocycles. The fourth-order valence-electron chi connectivity index (χ4n) is 2.91. The highest BCUT2D eigenvalue weighted by atomic mass is 32.2. The van der Waals surface area contributed by atoms with Crippen LogP contribution < -0.4 is 21.9 Å². The lowest BCUT2D eigenvalue weighted by Crippen LogP contribution is -2.42. The predicted molar refractivity (Wildman–Crippen MR) is 117 cm³/mol. The zero-order valence-corrected chi connectivity index (χ0v) is 17.3. The van der Waals surface area contributed by atoms with E-state index in [9.17, 15) is 14.4 Å². The van der Waals surface area contributed by atoms with Gasteiger partial charge in [-0.3, -0.25) is 19.1 Å². The standard InChI is InChI=1S/C20H22N6O3S/c1-2-11-25(15(27)13-30-19-22-9-6-10-23-19)16-17(21)26(20(29)24-18(16)28)12-14-7-4-3-5-8-14/h3-10H,2,11-13,21H2,1H3,(H,24,28,29). The first-order valence-electron chi connectivity index (χ1n) is 9.38. The highest BCUT2D eigenvalue weighted by molar-refractivity contribution is 7.99. The summed E-state index contributed by atoms with van der Waals surface area (Å²) < 4.78 is 1.26. The van der Waals surface area contributed by atoms with Crippen molar-refractivity contribution in [3.8, 4) is 0 Å². The highest BCUT2D eigenvalue weighted by Gasteiger charge is 2.24. The van der Waals surface area contributed by atoms with Gasteiger partial charge in [0, 0.05) is 18.9 Å². The second-order valence-corrected chi connectivity index (χ2v) is 7.37. The molecule has 2 aromatic heterocycles. The van der Waals surface area contributed by atoms with Crippen LogP contribution in [0.5, 0.6) is 0 Å². The second kappa shape index (κ2) is 9.88. The molecule has 0 saturated carbocycles. The van der Waals surface area contributed by atoms with E-state index >= 15 is 0 Å². The molecule has 0 aliphatic heterocycles. The number of benzene rings is 1. The van der Waals surface area contributed by atoms with Crippen molar-refractivity contribution in [3.63, 3.8) is 0 Å². The van der Waals surface area contributed by atoms with Gasteiger partial charge in [-0.1, -0.05) is 49.0 Å². The molecule has 0 atom stereocenters. The molecule has 0 fully saturated rings. The lowest BCUT2D eigenvalue weighted by atomic mass is 10.2. The number of hydrogen-bond donors (Lipinski definition) is 2. The molecule has 0 saturated heterocycles. The number of carbonyl (C=O) groups is 1. The van der Waals surface area contributed by atoms with E-state index in [2.05, 4.69) is 15.0 Å². The van der Waals surface area contributed by atoms with Gasteiger partial charge in [0.2, 0.25) is 5.91 Å². The van der Waals surface area contributed by atoms with Crippen molar-refractivity contribution in [2.75, 3.05) is 22.9 Å². The largest absolute Gasteiger partial charge is 0.383 e. The Labute approximate surface area is 177 Å². The van der Waals surface area contributed by atoms with Crippen LogP contribution in [0.15, 0.2) is 63.5 Å². The summed E-state index contributed by atoms with van der Waals surface area (Å²) in [6.45, 7) is 2.35. The third kappa shape index (κ3) is 4.95. The molecule has 0 bridgehead atoms. The van der Waals surface area contributed by atoms with Crippen molar-refractivity contribution >= 4 is 29.2 Å². The summed E-state index contributed by atoms with van der Waals surface area (Å²) in [7, 11) is 0. The van der Waals surface area contributed by atoms with Gasteiger partial charge in [-0.05, 0) is 18.1 Å². The molecular weight excluding hydrogens is 404 g/mol. The lowest BCUT2D eigenvalue weighted by Gasteiger charge is -2.24. The number of nitrogens with two attached hydrogens (primary N) is 1. The monoisotopic (exact) mass is 426 g/mol. The number of aromatic amines is 1. The fourth-order valence-corrected chi connectivity index (χ4v) is 3.59. The molecule has 10 heteroatoms. The van der Waals surface area contributed by atoms with Crippen LogP contribution in [0.1, 0.15) is 18.9 Å². The topological polar surface area (TPSA) is 127 Å². The van der Waals surface area contributed by atoms with Gasteiger partial charge in [0.15, 0.2) is 10.8 Å². The number of aromatic nitrogens is 4. The van der Waals surface area contributed by atoms with Crippen LogP contribution in [0, 0.1) is 0 Å². The molecule has 0 aliphatic carbocycles. The Hall–Kier alpha value is -3.40. The first kappa shape index (κ1) is 21.3. The summed E-state index contributed by atoms with van der Waals surface area (Å²) in [6.07, 6.45) is 3.78. The molecule has 2 heterocycles. The summed E-state index contributed by atoms with van der Waals surface area (Å²) in [5.41, 5.74) is 5.73. The Balaban J connectivity index is 1.93. The van der Waals surface area contributed by atoms with Gasteiger partial charge in [0.05, 0.1) is 12.3 Å². The zero-order valence-electron chi connectivity index (χ0n) is 16.4. The molecule has 3 rings (SSSR count). The number of carbonyl (C=O) groups excluding carboxylic acids is 1. The van der Waals surface area contributed by atoms with Crippen LogP contribution in [-0.2, 0) is 11.3 Å². The molecule has 3 N–H and O–H groups in total. The van der Waals surface area contributed by atoms with Gasteiger partial charge in [0.1, 0.15) is 5.82 Å². The van der Waals surface area contributed by atoms with Crippen molar-refractivity contribution in [3.05, 3.63) is 75.2 Å². The van der Waals surface area contributed by atoms with E-state index in [1.165, 1.54) is 9.47 Å². The maximum absolute atomic E-state index is 12.9. The molecule has 0 unspecified atom stereocenters. The van der Waals surface area contributed by atoms with Crippen LogP contribution in [0.3, 0.4) is 0 Å². The van der Waals surface area contributed by atoms with Gasteiger partial charge in [0.25, 0.3) is 5.56 Å². The Morgan fingerprint density at radius 3 is 2.53 bits per heavy atom. The minimum Gasteiger partial charge on any atom is -0.383 e. The average Bonchev–Trinajstić information content (AvgIpc) is 2.75. The minimum absolute atomic E-state index is 0.0213. The maximum Gasteiger partial charge on any atom is 0.330 e. The number of nitrogen functional groups attached to an aromatic ring is 1. The maximum atomic E-state index is 12.9. The van der Waals surface area contributed by atoms with Crippen molar-refractivity contribution in [1.82, 2.24) is 19.5 Å². The average molecular weight is 427 g/mol. The van der Waals surface area contributed by atoms with Gasteiger partial charge >= 0.3 is 5.69 Å². The van der Waals surface area contributed by atoms with Gasteiger partial charge in [-0.25, -0.2) is 14.8 Å². The molecular formula is C20H22N6O3S. The van der Waals surface area contributed by atoms with E-state index in [1.807, 2.05) is 37.3 Å². The number of nitrogens with zero attached hydrogens (tertiary/aromatic N) is 4. The fraction of sp³-hybridized carbons (Fsp3) is 0.250. The molecule has 0 aliphatic rings.